The predicted octanol–water partition coefficient (Wildman–Crippen LogP) is 2.06. The summed E-state index contributed by atoms with van der Waals surface area (Å²) in [5, 5.41) is 0. The van der Waals surface area contributed by atoms with Crippen molar-refractivity contribution in [3.8, 4) is 0 Å². The van der Waals surface area contributed by atoms with Crippen LogP contribution in [0.15, 0.2) is 6.07 Å². The van der Waals surface area contributed by atoms with Gasteiger partial charge >= 0.3 is 0 Å². The van der Waals surface area contributed by atoms with E-state index in [4.69, 9.17) is 5.73 Å². The second kappa shape index (κ2) is 5.34. The third kappa shape index (κ3) is 2.97. The van der Waals surface area contributed by atoms with E-state index in [-0.39, 0.29) is 0 Å². The average Bonchev–Trinajstić information content (AvgIpc) is 2.61. The molecule has 0 unspecified atom stereocenters. The van der Waals surface area contributed by atoms with E-state index >= 15 is 0 Å². The monoisotopic (exact) mass is 242 g/mol. The highest BCUT2D eigenvalue weighted by molar-refractivity contribution is 7.99. The van der Waals surface area contributed by atoms with Crippen molar-refractivity contribution in [1.82, 2.24) is 4.90 Å². The smallest absolute Gasteiger partial charge is 0.0274 e. The first-order chi connectivity index (χ1) is 7.29. The van der Waals surface area contributed by atoms with E-state index in [1.165, 1.54) is 39.9 Å². The summed E-state index contributed by atoms with van der Waals surface area (Å²) in [6.07, 6.45) is 0. The normalized spacial score (nSPS) is 18.3. The van der Waals surface area contributed by atoms with Crippen LogP contribution in [-0.2, 0) is 13.1 Å². The average molecular weight is 242 g/mol. The molecule has 0 aromatic carbocycles. The molecule has 0 saturated carbocycles. The summed E-state index contributed by atoms with van der Waals surface area (Å²) in [6.45, 7) is 6.47. The highest BCUT2D eigenvalue weighted by Gasteiger charge is 2.13. The number of thioether (sulfide) groups is 1. The maximum absolute atomic E-state index is 5.66. The number of aryl methyl sites for hydroxylation is 1. The first-order valence-corrected chi connectivity index (χ1v) is 7.35. The Hall–Kier alpha value is -0.0300. The molecule has 1 aromatic rings. The summed E-state index contributed by atoms with van der Waals surface area (Å²) in [6, 6.07) is 2.28. The Bertz CT molecular complexity index is 316. The fourth-order valence-electron chi connectivity index (χ4n) is 1.85. The molecule has 0 bridgehead atoms. The molecule has 2 rings (SSSR count). The van der Waals surface area contributed by atoms with Crippen molar-refractivity contribution in [3.63, 3.8) is 0 Å². The Kier molecular flexibility index (Phi) is 4.08. The van der Waals surface area contributed by atoms with Crippen LogP contribution in [0.2, 0.25) is 0 Å². The molecule has 1 aliphatic rings. The lowest BCUT2D eigenvalue weighted by Crippen LogP contribution is -2.31. The molecule has 0 atom stereocenters. The minimum Gasteiger partial charge on any atom is -0.326 e. The molecular formula is C11H18N2S2. The number of thiophene rings is 1. The van der Waals surface area contributed by atoms with Gasteiger partial charge in [0.05, 0.1) is 0 Å². The van der Waals surface area contributed by atoms with Crippen molar-refractivity contribution in [3.05, 3.63) is 21.4 Å². The zero-order valence-electron chi connectivity index (χ0n) is 9.16. The van der Waals surface area contributed by atoms with E-state index < -0.39 is 0 Å². The molecule has 2 heterocycles. The Labute approximate surface area is 99.8 Å². The second-order valence-electron chi connectivity index (χ2n) is 3.89. The molecular weight excluding hydrogens is 224 g/mol. The number of hydrogen-bond donors (Lipinski definition) is 1. The minimum absolute atomic E-state index is 0.682. The zero-order valence-corrected chi connectivity index (χ0v) is 10.8. The van der Waals surface area contributed by atoms with Crippen LogP contribution in [0.5, 0.6) is 0 Å². The van der Waals surface area contributed by atoms with Gasteiger partial charge < -0.3 is 5.73 Å². The third-order valence-corrected chi connectivity index (χ3v) is 4.83. The van der Waals surface area contributed by atoms with Crippen molar-refractivity contribution in [1.29, 1.82) is 0 Å². The van der Waals surface area contributed by atoms with Gasteiger partial charge in [-0.05, 0) is 18.6 Å². The standard InChI is InChI=1S/C11H18N2S2/c1-9-10(6-11(7-12)15-9)8-13-2-4-14-5-3-13/h6H,2-5,7-8,12H2,1H3. The van der Waals surface area contributed by atoms with Gasteiger partial charge in [0.15, 0.2) is 0 Å². The van der Waals surface area contributed by atoms with Crippen molar-refractivity contribution in [2.24, 2.45) is 5.73 Å². The van der Waals surface area contributed by atoms with Gasteiger partial charge in [-0.2, -0.15) is 11.8 Å². The minimum atomic E-state index is 0.682. The van der Waals surface area contributed by atoms with Gasteiger partial charge in [-0.25, -0.2) is 0 Å². The summed E-state index contributed by atoms with van der Waals surface area (Å²) in [7, 11) is 0. The molecule has 2 N–H and O–H groups in total. The molecule has 2 nitrogen and oxygen atoms in total. The Morgan fingerprint density at radius 3 is 2.73 bits per heavy atom. The third-order valence-electron chi connectivity index (χ3n) is 2.77. The van der Waals surface area contributed by atoms with Gasteiger partial charge in [-0.3, -0.25) is 4.90 Å². The first kappa shape index (κ1) is 11.5. The molecule has 1 saturated heterocycles. The molecule has 0 amide bonds. The van der Waals surface area contributed by atoms with Crippen molar-refractivity contribution >= 4 is 23.1 Å². The molecule has 15 heavy (non-hydrogen) atoms. The van der Waals surface area contributed by atoms with Crippen molar-refractivity contribution in [2.75, 3.05) is 24.6 Å². The van der Waals surface area contributed by atoms with Gasteiger partial charge in [0.2, 0.25) is 0 Å². The van der Waals surface area contributed by atoms with Gasteiger partial charge in [-0.15, -0.1) is 11.3 Å². The highest BCUT2D eigenvalue weighted by atomic mass is 32.2. The maximum atomic E-state index is 5.66. The molecule has 84 valence electrons. The Balaban J connectivity index is 1.99. The predicted molar refractivity (Wildman–Crippen MR) is 69.5 cm³/mol. The summed E-state index contributed by atoms with van der Waals surface area (Å²) in [4.78, 5) is 5.30. The Morgan fingerprint density at radius 2 is 2.13 bits per heavy atom. The van der Waals surface area contributed by atoms with E-state index in [2.05, 4.69) is 29.7 Å². The number of hydrogen-bond acceptors (Lipinski definition) is 4. The largest absolute Gasteiger partial charge is 0.326 e. The summed E-state index contributed by atoms with van der Waals surface area (Å²) in [5.74, 6) is 2.57. The number of nitrogens with zero attached hydrogens (tertiary/aromatic N) is 1. The number of rotatable bonds is 3. The quantitative estimate of drug-likeness (QED) is 0.880. The molecule has 0 spiro atoms. The topological polar surface area (TPSA) is 29.3 Å². The van der Waals surface area contributed by atoms with Crippen LogP contribution in [0, 0.1) is 6.92 Å². The van der Waals surface area contributed by atoms with E-state index in [0.717, 1.165) is 6.54 Å². The van der Waals surface area contributed by atoms with Crippen LogP contribution in [-0.4, -0.2) is 29.5 Å². The van der Waals surface area contributed by atoms with Crippen LogP contribution >= 0.6 is 23.1 Å². The van der Waals surface area contributed by atoms with Crippen LogP contribution in [0.1, 0.15) is 15.3 Å². The lowest BCUT2D eigenvalue weighted by atomic mass is 10.2. The Morgan fingerprint density at radius 1 is 1.40 bits per heavy atom. The first-order valence-electron chi connectivity index (χ1n) is 5.38. The van der Waals surface area contributed by atoms with Gasteiger partial charge in [-0.1, -0.05) is 0 Å². The van der Waals surface area contributed by atoms with Crippen LogP contribution in [0.3, 0.4) is 0 Å². The van der Waals surface area contributed by atoms with Crippen LogP contribution < -0.4 is 5.73 Å². The van der Waals surface area contributed by atoms with Crippen molar-refractivity contribution < 1.29 is 0 Å². The van der Waals surface area contributed by atoms with Crippen molar-refractivity contribution in [2.45, 2.75) is 20.0 Å². The summed E-state index contributed by atoms with van der Waals surface area (Å²) < 4.78 is 0. The maximum Gasteiger partial charge on any atom is 0.0274 e. The van der Waals surface area contributed by atoms with E-state index in [1.54, 1.807) is 0 Å². The van der Waals surface area contributed by atoms with Gasteiger partial charge in [0.1, 0.15) is 0 Å². The highest BCUT2D eigenvalue weighted by Crippen LogP contribution is 2.23. The van der Waals surface area contributed by atoms with E-state index in [1.807, 2.05) is 11.3 Å². The van der Waals surface area contributed by atoms with E-state index in [0.29, 0.717) is 6.54 Å². The fraction of sp³-hybridized carbons (Fsp3) is 0.636. The second-order valence-corrected chi connectivity index (χ2v) is 6.45. The van der Waals surface area contributed by atoms with E-state index in [9.17, 15) is 0 Å². The lowest BCUT2D eigenvalue weighted by molar-refractivity contribution is 0.294. The molecule has 4 heteroatoms. The fourth-order valence-corrected chi connectivity index (χ4v) is 3.76. The molecule has 1 aliphatic heterocycles. The molecule has 1 fully saturated rings. The van der Waals surface area contributed by atoms with Gasteiger partial charge in [0, 0.05) is 47.4 Å². The van der Waals surface area contributed by atoms with Crippen LogP contribution in [0.4, 0.5) is 0 Å². The lowest BCUT2D eigenvalue weighted by Gasteiger charge is -2.25. The zero-order chi connectivity index (χ0) is 10.7. The SMILES string of the molecule is Cc1sc(CN)cc1CN1CCSCC1. The molecule has 1 aromatic heterocycles. The molecule has 0 radical (unpaired) electrons. The number of nitrogens with two attached hydrogens (primary N) is 1. The summed E-state index contributed by atoms with van der Waals surface area (Å²) >= 11 is 3.91. The molecule has 0 aliphatic carbocycles. The summed E-state index contributed by atoms with van der Waals surface area (Å²) in [5.41, 5.74) is 7.14. The van der Waals surface area contributed by atoms with Gasteiger partial charge in [0.25, 0.3) is 0 Å². The van der Waals surface area contributed by atoms with Crippen LogP contribution in [0.25, 0.3) is 0 Å².